The molecule has 1 atom stereocenters. The van der Waals surface area contributed by atoms with E-state index >= 15 is 0 Å². The van der Waals surface area contributed by atoms with Crippen LogP contribution in [0.1, 0.15) is 37.8 Å². The topological polar surface area (TPSA) is 73.9 Å². The smallest absolute Gasteiger partial charge is 0.407 e. The number of benzene rings is 3. The third-order valence-corrected chi connectivity index (χ3v) is 7.06. The molecule has 6 nitrogen and oxygen atoms in total. The molecule has 0 spiro atoms. The van der Waals surface area contributed by atoms with Crippen molar-refractivity contribution in [3.63, 3.8) is 0 Å². The number of nitrogens with one attached hydrogen (secondary N) is 1. The number of amides is 1. The van der Waals surface area contributed by atoms with Crippen LogP contribution in [0.2, 0.25) is 5.02 Å². The quantitative estimate of drug-likeness (QED) is 0.247. The summed E-state index contributed by atoms with van der Waals surface area (Å²) in [6.07, 6.45) is 0.963. The monoisotopic (exact) mass is 541 g/mol. The molecule has 37 heavy (non-hydrogen) atoms. The van der Waals surface area contributed by atoms with Gasteiger partial charge in [-0.2, -0.15) is 0 Å². The number of halogens is 1. The largest absolute Gasteiger partial charge is 0.489 e. The lowest BCUT2D eigenvalue weighted by molar-refractivity contribution is -0.150. The molecule has 0 bridgehead atoms. The van der Waals surface area contributed by atoms with Crippen LogP contribution in [0.15, 0.2) is 82.6 Å². The number of esters is 1. The van der Waals surface area contributed by atoms with Gasteiger partial charge in [-0.25, -0.2) is 9.59 Å². The number of rotatable bonds is 12. The van der Waals surface area contributed by atoms with Gasteiger partial charge in [0.25, 0.3) is 0 Å². The van der Waals surface area contributed by atoms with E-state index in [1.807, 2.05) is 72.8 Å². The zero-order chi connectivity index (χ0) is 26.7. The van der Waals surface area contributed by atoms with Gasteiger partial charge in [0.2, 0.25) is 0 Å². The molecule has 3 aromatic carbocycles. The van der Waals surface area contributed by atoms with Crippen molar-refractivity contribution in [3.05, 3.63) is 88.9 Å². The first-order chi connectivity index (χ1) is 17.8. The Balaban J connectivity index is 1.58. The third-order valence-electron chi connectivity index (χ3n) is 5.73. The Morgan fingerprint density at radius 3 is 2.46 bits per heavy atom. The van der Waals surface area contributed by atoms with E-state index in [0.717, 1.165) is 26.7 Å². The van der Waals surface area contributed by atoms with Gasteiger partial charge in [-0.3, -0.25) is 0 Å². The lowest BCUT2D eigenvalue weighted by atomic mass is 9.93. The van der Waals surface area contributed by atoms with Crippen molar-refractivity contribution in [2.45, 2.75) is 55.0 Å². The number of hydrogen-bond donors (Lipinski definition) is 1. The summed E-state index contributed by atoms with van der Waals surface area (Å²) in [7, 11) is 1.26. The molecule has 1 unspecified atom stereocenters. The predicted molar refractivity (Wildman–Crippen MR) is 146 cm³/mol. The molecule has 0 radical (unpaired) electrons. The molecular formula is C29H32ClNO5S. The van der Waals surface area contributed by atoms with E-state index < -0.39 is 17.6 Å². The summed E-state index contributed by atoms with van der Waals surface area (Å²) in [5.41, 5.74) is 0.903. The molecule has 0 saturated carbocycles. The van der Waals surface area contributed by atoms with E-state index in [-0.39, 0.29) is 6.61 Å². The minimum Gasteiger partial charge on any atom is -0.489 e. The highest BCUT2D eigenvalue weighted by molar-refractivity contribution is 7.99. The molecule has 3 rings (SSSR count). The van der Waals surface area contributed by atoms with E-state index in [9.17, 15) is 9.59 Å². The lowest BCUT2D eigenvalue weighted by Crippen LogP contribution is -2.53. The molecule has 1 N–H and O–H groups in total. The SMILES string of the molecule is CCOC(=O)C(C)(CCCc1ccc(Sc2cccc(OCc3ccccc3)c2)cc1Cl)NC(=O)OC. The van der Waals surface area contributed by atoms with E-state index in [2.05, 4.69) is 10.1 Å². The number of ether oxygens (including phenoxy) is 3. The minimum absolute atomic E-state index is 0.226. The number of carbonyl (C=O) groups excluding carboxylic acids is 2. The molecule has 0 aliphatic rings. The van der Waals surface area contributed by atoms with Crippen molar-refractivity contribution in [1.29, 1.82) is 0 Å². The number of hydrogen-bond acceptors (Lipinski definition) is 6. The summed E-state index contributed by atoms with van der Waals surface area (Å²) < 4.78 is 15.8. The Morgan fingerprint density at radius 2 is 1.76 bits per heavy atom. The highest BCUT2D eigenvalue weighted by Gasteiger charge is 2.36. The maximum Gasteiger partial charge on any atom is 0.407 e. The zero-order valence-corrected chi connectivity index (χ0v) is 22.9. The highest BCUT2D eigenvalue weighted by atomic mass is 35.5. The number of carbonyl (C=O) groups is 2. The number of methoxy groups -OCH3 is 1. The molecule has 0 saturated heterocycles. The van der Waals surface area contributed by atoms with Gasteiger partial charge in [-0.15, -0.1) is 0 Å². The van der Waals surface area contributed by atoms with E-state index in [4.69, 9.17) is 21.1 Å². The molecule has 3 aromatic rings. The van der Waals surface area contributed by atoms with Crippen molar-refractivity contribution in [1.82, 2.24) is 5.32 Å². The number of aryl methyl sites for hydroxylation is 1. The van der Waals surface area contributed by atoms with Crippen LogP contribution in [-0.2, 0) is 27.3 Å². The van der Waals surface area contributed by atoms with E-state index in [0.29, 0.717) is 30.9 Å². The molecule has 0 heterocycles. The Labute approximate surface area is 227 Å². The summed E-state index contributed by atoms with van der Waals surface area (Å²) in [6, 6.07) is 24.0. The fraction of sp³-hybridized carbons (Fsp3) is 0.310. The van der Waals surface area contributed by atoms with Crippen LogP contribution in [0.5, 0.6) is 5.75 Å². The van der Waals surface area contributed by atoms with Crippen LogP contribution in [0.3, 0.4) is 0 Å². The molecule has 196 valence electrons. The molecule has 0 aliphatic heterocycles. The Morgan fingerprint density at radius 1 is 1.00 bits per heavy atom. The van der Waals surface area contributed by atoms with Gasteiger partial charge >= 0.3 is 12.1 Å². The van der Waals surface area contributed by atoms with Crippen LogP contribution in [0, 0.1) is 0 Å². The van der Waals surface area contributed by atoms with Gasteiger partial charge in [-0.05, 0) is 74.6 Å². The van der Waals surface area contributed by atoms with E-state index in [1.54, 1.807) is 25.6 Å². The summed E-state index contributed by atoms with van der Waals surface area (Å²) in [6.45, 7) is 4.11. The van der Waals surface area contributed by atoms with Crippen molar-refractivity contribution in [2.24, 2.45) is 0 Å². The second kappa shape index (κ2) is 14.0. The van der Waals surface area contributed by atoms with Crippen LogP contribution < -0.4 is 10.1 Å². The Kier molecular flexibility index (Phi) is 10.7. The van der Waals surface area contributed by atoms with Gasteiger partial charge in [0.05, 0.1) is 13.7 Å². The lowest BCUT2D eigenvalue weighted by Gasteiger charge is -2.27. The first-order valence-electron chi connectivity index (χ1n) is 12.1. The first-order valence-corrected chi connectivity index (χ1v) is 13.3. The summed E-state index contributed by atoms with van der Waals surface area (Å²) >= 11 is 8.20. The van der Waals surface area contributed by atoms with Crippen LogP contribution >= 0.6 is 23.4 Å². The second-order valence-electron chi connectivity index (χ2n) is 8.63. The van der Waals surface area contributed by atoms with Crippen molar-refractivity contribution >= 4 is 35.4 Å². The molecule has 1 amide bonds. The third kappa shape index (κ3) is 8.72. The van der Waals surface area contributed by atoms with Crippen molar-refractivity contribution in [3.8, 4) is 5.75 Å². The van der Waals surface area contributed by atoms with E-state index in [1.165, 1.54) is 7.11 Å². The summed E-state index contributed by atoms with van der Waals surface area (Å²) in [4.78, 5) is 26.3. The molecule has 8 heteroatoms. The fourth-order valence-electron chi connectivity index (χ4n) is 3.71. The Bertz CT molecular complexity index is 1190. The molecule has 0 aliphatic carbocycles. The van der Waals surface area contributed by atoms with Crippen LogP contribution in [0.4, 0.5) is 4.79 Å². The normalized spacial score (nSPS) is 12.3. The average molecular weight is 542 g/mol. The maximum absolute atomic E-state index is 12.5. The van der Waals surface area contributed by atoms with Crippen molar-refractivity contribution < 1.29 is 23.8 Å². The number of alkyl carbamates (subject to hydrolysis) is 1. The minimum atomic E-state index is -1.18. The van der Waals surface area contributed by atoms with Gasteiger partial charge in [0.1, 0.15) is 17.9 Å². The zero-order valence-electron chi connectivity index (χ0n) is 21.3. The van der Waals surface area contributed by atoms with Gasteiger partial charge in [-0.1, -0.05) is 65.8 Å². The standard InChI is InChI=1S/C29H32ClNO5S/c1-4-35-27(32)29(2,31-28(33)34-3)17-9-12-22-15-16-25(19-26(22)30)37-24-14-8-13-23(18-24)36-20-21-10-6-5-7-11-21/h5-8,10-11,13-16,18-19H,4,9,12,17,20H2,1-3H3,(H,31,33). The summed E-state index contributed by atoms with van der Waals surface area (Å²) in [5, 5.41) is 3.26. The second-order valence-corrected chi connectivity index (χ2v) is 10.2. The predicted octanol–water partition coefficient (Wildman–Crippen LogP) is 7.07. The molecule has 0 aromatic heterocycles. The molecular weight excluding hydrogens is 510 g/mol. The summed E-state index contributed by atoms with van der Waals surface area (Å²) in [5.74, 6) is 0.315. The van der Waals surface area contributed by atoms with Gasteiger partial charge in [0.15, 0.2) is 0 Å². The highest BCUT2D eigenvalue weighted by Crippen LogP contribution is 2.33. The van der Waals surface area contributed by atoms with Gasteiger partial charge in [0, 0.05) is 14.8 Å². The molecule has 0 fully saturated rings. The van der Waals surface area contributed by atoms with Gasteiger partial charge < -0.3 is 19.5 Å². The maximum atomic E-state index is 12.5. The Hall–Kier alpha value is -3.16. The van der Waals surface area contributed by atoms with Crippen LogP contribution in [-0.4, -0.2) is 31.3 Å². The van der Waals surface area contributed by atoms with Crippen molar-refractivity contribution in [2.75, 3.05) is 13.7 Å². The average Bonchev–Trinajstić information content (AvgIpc) is 2.89. The van der Waals surface area contributed by atoms with Crippen LogP contribution in [0.25, 0.3) is 0 Å². The first kappa shape index (κ1) is 28.4. The fourth-order valence-corrected chi connectivity index (χ4v) is 4.96.